The highest BCUT2D eigenvalue weighted by Crippen LogP contribution is 2.37. The van der Waals surface area contributed by atoms with Crippen LogP contribution in [-0.4, -0.2) is 37.7 Å². The van der Waals surface area contributed by atoms with Crippen molar-refractivity contribution < 1.29 is 9.47 Å². The number of nitrogens with zero attached hydrogens (tertiary/aromatic N) is 2. The van der Waals surface area contributed by atoms with E-state index >= 15 is 0 Å². The lowest BCUT2D eigenvalue weighted by Crippen LogP contribution is -2.42. The first-order chi connectivity index (χ1) is 10.2. The Morgan fingerprint density at radius 2 is 1.86 bits per heavy atom. The van der Waals surface area contributed by atoms with Gasteiger partial charge in [0.25, 0.3) is 0 Å². The average Bonchev–Trinajstić information content (AvgIpc) is 3.15. The number of ether oxygens (including phenoxy) is 2. The Morgan fingerprint density at radius 3 is 2.52 bits per heavy atom. The van der Waals surface area contributed by atoms with Gasteiger partial charge in [-0.15, -0.1) is 0 Å². The molecule has 1 atom stereocenters. The predicted octanol–water partition coefficient (Wildman–Crippen LogP) is 2.32. The molecule has 1 saturated carbocycles. The smallest absolute Gasteiger partial charge is 0.192 e. The van der Waals surface area contributed by atoms with E-state index in [2.05, 4.69) is 16.0 Å². The Hall–Kier alpha value is -1.91. The van der Waals surface area contributed by atoms with Crippen molar-refractivity contribution in [2.24, 2.45) is 10.7 Å². The van der Waals surface area contributed by atoms with Crippen LogP contribution in [0.25, 0.3) is 0 Å². The fourth-order valence-corrected chi connectivity index (χ4v) is 3.46. The molecule has 5 heteroatoms. The minimum Gasteiger partial charge on any atom is -0.493 e. The highest BCUT2D eigenvalue weighted by molar-refractivity contribution is 5.81. The largest absolute Gasteiger partial charge is 0.493 e. The number of nitrogens with two attached hydrogens (primary N) is 1. The highest BCUT2D eigenvalue weighted by atomic mass is 16.5. The fourth-order valence-electron chi connectivity index (χ4n) is 3.46. The molecule has 5 nitrogen and oxygen atoms in total. The quantitative estimate of drug-likeness (QED) is 0.924. The van der Waals surface area contributed by atoms with E-state index in [9.17, 15) is 0 Å². The summed E-state index contributed by atoms with van der Waals surface area (Å²) in [6.45, 7) is 0.720. The van der Waals surface area contributed by atoms with Gasteiger partial charge in [-0.25, -0.2) is 0 Å². The van der Waals surface area contributed by atoms with Gasteiger partial charge in [-0.3, -0.25) is 4.99 Å². The van der Waals surface area contributed by atoms with Crippen molar-refractivity contribution in [3.63, 3.8) is 0 Å². The molecule has 1 aliphatic heterocycles. The molecule has 3 rings (SSSR count). The third-order valence-electron chi connectivity index (χ3n) is 4.54. The van der Waals surface area contributed by atoms with E-state index in [0.29, 0.717) is 12.0 Å². The summed E-state index contributed by atoms with van der Waals surface area (Å²) in [7, 11) is 3.31. The molecule has 21 heavy (non-hydrogen) atoms. The molecule has 1 unspecified atom stereocenters. The summed E-state index contributed by atoms with van der Waals surface area (Å²) in [5, 5.41) is 0. The van der Waals surface area contributed by atoms with E-state index in [4.69, 9.17) is 15.2 Å². The molecule has 0 amide bonds. The predicted molar refractivity (Wildman–Crippen MR) is 82.9 cm³/mol. The molecule has 1 fully saturated rings. The Kier molecular flexibility index (Phi) is 3.90. The number of hydrogen-bond donors (Lipinski definition) is 1. The first kappa shape index (κ1) is 14.0. The molecule has 1 heterocycles. The standard InChI is InChI=1S/C16H23N3O2/c1-20-14-8-7-11(9-15(14)21-2)13-10-18-16(17)19(13)12-5-3-4-6-12/h7-9,12-13H,3-6,10H2,1-2H3,(H2,17,18). The highest BCUT2D eigenvalue weighted by Gasteiger charge is 2.34. The Balaban J connectivity index is 1.88. The van der Waals surface area contributed by atoms with Gasteiger partial charge < -0.3 is 20.1 Å². The molecule has 1 aromatic rings. The minimum absolute atomic E-state index is 0.216. The second-order valence-corrected chi connectivity index (χ2v) is 5.67. The van der Waals surface area contributed by atoms with Crippen molar-refractivity contribution >= 4 is 5.96 Å². The summed E-state index contributed by atoms with van der Waals surface area (Å²) >= 11 is 0. The van der Waals surface area contributed by atoms with Gasteiger partial charge in [-0.05, 0) is 30.5 Å². The maximum atomic E-state index is 6.13. The summed E-state index contributed by atoms with van der Waals surface area (Å²) in [4.78, 5) is 6.77. The first-order valence-electron chi connectivity index (χ1n) is 7.54. The third-order valence-corrected chi connectivity index (χ3v) is 4.54. The van der Waals surface area contributed by atoms with Gasteiger partial charge in [-0.2, -0.15) is 0 Å². The van der Waals surface area contributed by atoms with Crippen LogP contribution in [0.15, 0.2) is 23.2 Å². The van der Waals surface area contributed by atoms with Gasteiger partial charge >= 0.3 is 0 Å². The minimum atomic E-state index is 0.216. The van der Waals surface area contributed by atoms with Crippen molar-refractivity contribution in [3.05, 3.63) is 23.8 Å². The number of aliphatic imine (C=N–C) groups is 1. The average molecular weight is 289 g/mol. The van der Waals surface area contributed by atoms with Gasteiger partial charge in [0.2, 0.25) is 0 Å². The summed E-state index contributed by atoms with van der Waals surface area (Å²) in [5.41, 5.74) is 7.32. The fraction of sp³-hybridized carbons (Fsp3) is 0.562. The van der Waals surface area contributed by atoms with Gasteiger partial charge in [-0.1, -0.05) is 18.9 Å². The van der Waals surface area contributed by atoms with E-state index in [0.717, 1.165) is 18.0 Å². The maximum Gasteiger partial charge on any atom is 0.192 e. The van der Waals surface area contributed by atoms with Crippen LogP contribution in [0.5, 0.6) is 11.5 Å². The van der Waals surface area contributed by atoms with Crippen molar-refractivity contribution in [3.8, 4) is 11.5 Å². The van der Waals surface area contributed by atoms with E-state index < -0.39 is 0 Å². The van der Waals surface area contributed by atoms with Crippen LogP contribution >= 0.6 is 0 Å². The van der Waals surface area contributed by atoms with Crippen molar-refractivity contribution in [2.75, 3.05) is 20.8 Å². The maximum absolute atomic E-state index is 6.13. The van der Waals surface area contributed by atoms with Crippen LogP contribution in [0.4, 0.5) is 0 Å². The molecule has 114 valence electrons. The molecule has 2 aliphatic rings. The second kappa shape index (κ2) is 5.84. The van der Waals surface area contributed by atoms with Gasteiger partial charge in [0.05, 0.1) is 26.8 Å². The van der Waals surface area contributed by atoms with Crippen LogP contribution in [0, 0.1) is 0 Å². The molecule has 0 radical (unpaired) electrons. The van der Waals surface area contributed by atoms with Gasteiger partial charge in [0.1, 0.15) is 0 Å². The third kappa shape index (κ3) is 2.52. The molecule has 0 aromatic heterocycles. The van der Waals surface area contributed by atoms with Crippen molar-refractivity contribution in [1.29, 1.82) is 0 Å². The summed E-state index contributed by atoms with van der Waals surface area (Å²) < 4.78 is 10.7. The Labute approximate surface area is 125 Å². The molecule has 1 aromatic carbocycles. The van der Waals surface area contributed by atoms with E-state index in [1.165, 1.54) is 31.2 Å². The van der Waals surface area contributed by atoms with Gasteiger partial charge in [0.15, 0.2) is 17.5 Å². The number of benzene rings is 1. The van der Waals surface area contributed by atoms with Crippen molar-refractivity contribution in [1.82, 2.24) is 4.90 Å². The second-order valence-electron chi connectivity index (χ2n) is 5.67. The number of guanidine groups is 1. The number of methoxy groups -OCH3 is 2. The number of hydrogen-bond acceptors (Lipinski definition) is 5. The van der Waals surface area contributed by atoms with Crippen LogP contribution in [-0.2, 0) is 0 Å². The van der Waals surface area contributed by atoms with Crippen LogP contribution < -0.4 is 15.2 Å². The lowest BCUT2D eigenvalue weighted by atomic mass is 10.0. The van der Waals surface area contributed by atoms with E-state index in [1.54, 1.807) is 14.2 Å². The van der Waals surface area contributed by atoms with E-state index in [-0.39, 0.29) is 6.04 Å². The zero-order valence-corrected chi connectivity index (χ0v) is 12.7. The van der Waals surface area contributed by atoms with Gasteiger partial charge in [0, 0.05) is 6.04 Å². The first-order valence-corrected chi connectivity index (χ1v) is 7.54. The van der Waals surface area contributed by atoms with Crippen LogP contribution in [0.2, 0.25) is 0 Å². The zero-order chi connectivity index (χ0) is 14.8. The Morgan fingerprint density at radius 1 is 1.14 bits per heavy atom. The monoisotopic (exact) mass is 289 g/mol. The molecule has 2 N–H and O–H groups in total. The summed E-state index contributed by atoms with van der Waals surface area (Å²) in [6.07, 6.45) is 4.99. The lowest BCUT2D eigenvalue weighted by molar-refractivity contribution is 0.261. The molecule has 0 saturated heterocycles. The van der Waals surface area contributed by atoms with Crippen molar-refractivity contribution in [2.45, 2.75) is 37.8 Å². The summed E-state index contributed by atoms with van der Waals surface area (Å²) in [5.74, 6) is 2.19. The van der Waals surface area contributed by atoms with Crippen LogP contribution in [0.1, 0.15) is 37.3 Å². The molecular weight excluding hydrogens is 266 g/mol. The Bertz CT molecular complexity index is 538. The molecule has 1 aliphatic carbocycles. The SMILES string of the molecule is COc1ccc(C2CN=C(N)N2C2CCCC2)cc1OC. The molecular formula is C16H23N3O2. The van der Waals surface area contributed by atoms with E-state index in [1.807, 2.05) is 12.1 Å². The zero-order valence-electron chi connectivity index (χ0n) is 12.7. The lowest BCUT2D eigenvalue weighted by Gasteiger charge is -2.32. The number of rotatable bonds is 4. The topological polar surface area (TPSA) is 60.1 Å². The van der Waals surface area contributed by atoms with Crippen LogP contribution in [0.3, 0.4) is 0 Å². The molecule has 0 spiro atoms. The summed E-state index contributed by atoms with van der Waals surface area (Å²) in [6, 6.07) is 6.82. The molecule has 0 bridgehead atoms. The normalized spacial score (nSPS) is 22.5.